The van der Waals surface area contributed by atoms with E-state index in [0.29, 0.717) is 5.56 Å². The van der Waals surface area contributed by atoms with Crippen LogP contribution in [0.2, 0.25) is 0 Å². The Morgan fingerprint density at radius 3 is 2.50 bits per heavy atom. The lowest BCUT2D eigenvalue weighted by atomic mass is 9.94. The van der Waals surface area contributed by atoms with Gasteiger partial charge in [-0.05, 0) is 29.3 Å². The molecule has 0 spiro atoms. The van der Waals surface area contributed by atoms with E-state index in [1.54, 1.807) is 25.1 Å². The van der Waals surface area contributed by atoms with Crippen LogP contribution in [0.1, 0.15) is 18.1 Å². The van der Waals surface area contributed by atoms with E-state index in [1.165, 1.54) is 13.2 Å². The predicted octanol–water partition coefficient (Wildman–Crippen LogP) is 4.20. The summed E-state index contributed by atoms with van der Waals surface area (Å²) >= 11 is 0. The van der Waals surface area contributed by atoms with Crippen molar-refractivity contribution in [2.24, 2.45) is 0 Å². The van der Waals surface area contributed by atoms with E-state index in [9.17, 15) is 9.18 Å². The van der Waals surface area contributed by atoms with Crippen molar-refractivity contribution in [2.45, 2.75) is 18.9 Å². The molecule has 26 heavy (non-hydrogen) atoms. The number of ether oxygens (including phenoxy) is 1. The first-order chi connectivity index (χ1) is 12.5. The SMILES string of the molecule is COC(C)(CNC(=O)Cc1cccc2ccccc12)c1ccccc1F. The molecule has 1 amide bonds. The number of carbonyl (C=O) groups is 1. The van der Waals surface area contributed by atoms with Crippen LogP contribution in [0.25, 0.3) is 10.8 Å². The molecule has 0 heterocycles. The Hall–Kier alpha value is -2.72. The third-order valence-electron chi connectivity index (χ3n) is 4.75. The number of methoxy groups -OCH3 is 1. The van der Waals surface area contributed by atoms with E-state index in [1.807, 2.05) is 42.5 Å². The van der Waals surface area contributed by atoms with Gasteiger partial charge in [-0.15, -0.1) is 0 Å². The van der Waals surface area contributed by atoms with E-state index in [0.717, 1.165) is 16.3 Å². The molecule has 0 aliphatic carbocycles. The van der Waals surface area contributed by atoms with Crippen LogP contribution in [-0.4, -0.2) is 19.6 Å². The molecule has 1 atom stereocenters. The summed E-state index contributed by atoms with van der Waals surface area (Å²) in [7, 11) is 1.52. The highest BCUT2D eigenvalue weighted by molar-refractivity contribution is 5.90. The van der Waals surface area contributed by atoms with Crippen molar-refractivity contribution in [1.82, 2.24) is 5.32 Å². The zero-order valence-electron chi connectivity index (χ0n) is 15.0. The van der Waals surface area contributed by atoms with E-state index in [2.05, 4.69) is 5.32 Å². The van der Waals surface area contributed by atoms with Crippen LogP contribution in [0, 0.1) is 5.82 Å². The molecule has 0 aliphatic rings. The van der Waals surface area contributed by atoms with Gasteiger partial charge in [0.25, 0.3) is 0 Å². The van der Waals surface area contributed by atoms with Gasteiger partial charge in [-0.25, -0.2) is 4.39 Å². The van der Waals surface area contributed by atoms with Gasteiger partial charge in [0, 0.05) is 12.7 Å². The van der Waals surface area contributed by atoms with Crippen molar-refractivity contribution in [3.8, 4) is 0 Å². The Morgan fingerprint density at radius 1 is 1.04 bits per heavy atom. The van der Waals surface area contributed by atoms with Gasteiger partial charge < -0.3 is 10.1 Å². The molecule has 3 aromatic carbocycles. The van der Waals surface area contributed by atoms with Crippen molar-refractivity contribution < 1.29 is 13.9 Å². The van der Waals surface area contributed by atoms with Gasteiger partial charge in [0.15, 0.2) is 0 Å². The Kier molecular flexibility index (Phi) is 5.33. The summed E-state index contributed by atoms with van der Waals surface area (Å²) in [6.07, 6.45) is 0.262. The topological polar surface area (TPSA) is 38.3 Å². The molecule has 4 heteroatoms. The number of fused-ring (bicyclic) bond motifs is 1. The number of benzene rings is 3. The fraction of sp³-hybridized carbons (Fsp3) is 0.227. The highest BCUT2D eigenvalue weighted by atomic mass is 19.1. The van der Waals surface area contributed by atoms with Gasteiger partial charge in [-0.3, -0.25) is 4.79 Å². The third-order valence-corrected chi connectivity index (χ3v) is 4.75. The maximum atomic E-state index is 14.1. The molecule has 0 bridgehead atoms. The first-order valence-electron chi connectivity index (χ1n) is 8.57. The minimum atomic E-state index is -0.931. The number of halogens is 1. The molecule has 3 rings (SSSR count). The summed E-state index contributed by atoms with van der Waals surface area (Å²) in [5.74, 6) is -0.471. The summed E-state index contributed by atoms with van der Waals surface area (Å²) in [5, 5.41) is 5.05. The van der Waals surface area contributed by atoms with Crippen molar-refractivity contribution >= 4 is 16.7 Å². The summed E-state index contributed by atoms with van der Waals surface area (Å²) < 4.78 is 19.6. The highest BCUT2D eigenvalue weighted by Crippen LogP contribution is 2.26. The molecule has 3 nitrogen and oxygen atoms in total. The molecule has 1 unspecified atom stereocenters. The van der Waals surface area contributed by atoms with Crippen LogP contribution in [-0.2, 0) is 21.6 Å². The second kappa shape index (κ2) is 7.67. The number of hydrogen-bond donors (Lipinski definition) is 1. The zero-order chi connectivity index (χ0) is 18.6. The summed E-state index contributed by atoms with van der Waals surface area (Å²) in [6, 6.07) is 20.4. The largest absolute Gasteiger partial charge is 0.372 e. The Morgan fingerprint density at radius 2 is 1.73 bits per heavy atom. The van der Waals surface area contributed by atoms with Gasteiger partial charge in [0.1, 0.15) is 11.4 Å². The quantitative estimate of drug-likeness (QED) is 0.723. The summed E-state index contributed by atoms with van der Waals surface area (Å²) in [6.45, 7) is 1.96. The second-order valence-corrected chi connectivity index (χ2v) is 6.51. The summed E-state index contributed by atoms with van der Waals surface area (Å²) in [4.78, 5) is 12.5. The van der Waals surface area contributed by atoms with E-state index in [4.69, 9.17) is 4.74 Å². The van der Waals surface area contributed by atoms with Crippen LogP contribution in [0.4, 0.5) is 4.39 Å². The minimum Gasteiger partial charge on any atom is -0.372 e. The van der Waals surface area contributed by atoms with Crippen molar-refractivity contribution in [3.63, 3.8) is 0 Å². The molecule has 0 radical (unpaired) electrons. The molecule has 3 aromatic rings. The molecule has 0 fully saturated rings. The van der Waals surface area contributed by atoms with Crippen LogP contribution < -0.4 is 5.32 Å². The molecular weight excluding hydrogens is 329 g/mol. The molecule has 0 aromatic heterocycles. The number of carbonyl (C=O) groups excluding carboxylic acids is 1. The smallest absolute Gasteiger partial charge is 0.224 e. The van der Waals surface area contributed by atoms with Crippen molar-refractivity contribution in [3.05, 3.63) is 83.7 Å². The third kappa shape index (κ3) is 3.75. The average molecular weight is 351 g/mol. The van der Waals surface area contributed by atoms with E-state index in [-0.39, 0.29) is 24.7 Å². The average Bonchev–Trinajstić information content (AvgIpc) is 2.67. The fourth-order valence-electron chi connectivity index (χ4n) is 3.12. The van der Waals surface area contributed by atoms with Gasteiger partial charge in [0.2, 0.25) is 5.91 Å². The van der Waals surface area contributed by atoms with Crippen LogP contribution in [0.5, 0.6) is 0 Å². The Bertz CT molecular complexity index is 919. The molecule has 134 valence electrons. The molecule has 1 N–H and O–H groups in total. The predicted molar refractivity (Wildman–Crippen MR) is 101 cm³/mol. The van der Waals surface area contributed by atoms with Gasteiger partial charge >= 0.3 is 0 Å². The fourth-order valence-corrected chi connectivity index (χ4v) is 3.12. The van der Waals surface area contributed by atoms with Crippen molar-refractivity contribution in [1.29, 1.82) is 0 Å². The standard InChI is InChI=1S/C22H22FNO2/c1-22(26-2,19-12-5-6-13-20(19)23)15-24-21(25)14-17-10-7-9-16-8-3-4-11-18(16)17/h3-13H,14-15H2,1-2H3,(H,24,25). The van der Waals surface area contributed by atoms with Gasteiger partial charge in [-0.2, -0.15) is 0 Å². The maximum Gasteiger partial charge on any atom is 0.224 e. The number of amides is 1. The minimum absolute atomic E-state index is 0.124. The lowest BCUT2D eigenvalue weighted by Gasteiger charge is -2.29. The zero-order valence-corrected chi connectivity index (χ0v) is 15.0. The lowest BCUT2D eigenvalue weighted by molar-refractivity contribution is -0.122. The van der Waals surface area contributed by atoms with Crippen molar-refractivity contribution in [2.75, 3.05) is 13.7 Å². The Balaban J connectivity index is 1.72. The van der Waals surface area contributed by atoms with Gasteiger partial charge in [-0.1, -0.05) is 60.7 Å². The first-order valence-corrected chi connectivity index (χ1v) is 8.57. The highest BCUT2D eigenvalue weighted by Gasteiger charge is 2.29. The monoisotopic (exact) mass is 351 g/mol. The normalized spacial score (nSPS) is 13.3. The number of rotatable bonds is 6. The first kappa shape index (κ1) is 18.1. The van der Waals surface area contributed by atoms with E-state index < -0.39 is 5.60 Å². The Labute approximate surface area is 152 Å². The maximum absolute atomic E-state index is 14.1. The lowest BCUT2D eigenvalue weighted by Crippen LogP contribution is -2.41. The van der Waals surface area contributed by atoms with Gasteiger partial charge in [0.05, 0.1) is 13.0 Å². The van der Waals surface area contributed by atoms with Crippen LogP contribution in [0.15, 0.2) is 66.7 Å². The molecule has 0 saturated carbocycles. The van der Waals surface area contributed by atoms with Crippen LogP contribution in [0.3, 0.4) is 0 Å². The molecule has 0 saturated heterocycles. The summed E-state index contributed by atoms with van der Waals surface area (Å²) in [5.41, 5.74) is 0.457. The van der Waals surface area contributed by atoms with E-state index >= 15 is 0 Å². The molecule has 0 aliphatic heterocycles. The second-order valence-electron chi connectivity index (χ2n) is 6.51. The number of hydrogen-bond acceptors (Lipinski definition) is 2. The number of nitrogens with one attached hydrogen (secondary N) is 1. The van der Waals surface area contributed by atoms with Crippen LogP contribution >= 0.6 is 0 Å². The molecular formula is C22H22FNO2.